The lowest BCUT2D eigenvalue weighted by molar-refractivity contribution is 0.103. The van der Waals surface area contributed by atoms with Gasteiger partial charge in [-0.15, -0.1) is 11.3 Å². The van der Waals surface area contributed by atoms with Gasteiger partial charge in [-0.2, -0.15) is 0 Å². The molecule has 0 unspecified atom stereocenters. The Morgan fingerprint density at radius 2 is 2.30 bits per heavy atom. The highest BCUT2D eigenvalue weighted by molar-refractivity contribution is 7.13. The predicted molar refractivity (Wildman–Crippen MR) is 83.0 cm³/mol. The first-order valence-electron chi connectivity index (χ1n) is 6.09. The van der Waals surface area contributed by atoms with E-state index >= 15 is 0 Å². The van der Waals surface area contributed by atoms with Crippen LogP contribution in [0.15, 0.2) is 29.6 Å². The number of hydrogen-bond acceptors (Lipinski definition) is 4. The topological polar surface area (TPSA) is 64.3 Å². The van der Waals surface area contributed by atoms with Crippen molar-refractivity contribution in [3.63, 3.8) is 0 Å². The van der Waals surface area contributed by atoms with Crippen molar-refractivity contribution >= 4 is 34.5 Å². The molecule has 0 saturated heterocycles. The molecule has 0 aliphatic carbocycles. The van der Waals surface area contributed by atoms with Crippen LogP contribution in [0.3, 0.4) is 0 Å². The van der Waals surface area contributed by atoms with Crippen LogP contribution in [0.1, 0.15) is 15.2 Å². The highest BCUT2D eigenvalue weighted by Crippen LogP contribution is 2.28. The number of thiophene rings is 1. The number of carbonyl (C=O) groups is 1. The molecule has 2 aromatic rings. The smallest absolute Gasteiger partial charge is 0.267 e. The van der Waals surface area contributed by atoms with Crippen LogP contribution in [0.2, 0.25) is 5.02 Å². The molecular weight excluding hydrogens is 296 g/mol. The molecule has 0 aliphatic heterocycles. The summed E-state index contributed by atoms with van der Waals surface area (Å²) in [6, 6.07) is 7.17. The van der Waals surface area contributed by atoms with E-state index in [0.29, 0.717) is 34.5 Å². The second-order valence-electron chi connectivity index (χ2n) is 4.18. The van der Waals surface area contributed by atoms with Gasteiger partial charge in [-0.25, -0.2) is 0 Å². The molecule has 1 heterocycles. The number of halogens is 1. The minimum absolute atomic E-state index is 0.218. The number of ether oxygens (including phenoxy) is 1. The number of benzene rings is 1. The van der Waals surface area contributed by atoms with Gasteiger partial charge < -0.3 is 15.8 Å². The zero-order valence-corrected chi connectivity index (χ0v) is 12.6. The van der Waals surface area contributed by atoms with Gasteiger partial charge in [0, 0.05) is 18.3 Å². The quantitative estimate of drug-likeness (QED) is 0.890. The Hall–Kier alpha value is -1.56. The predicted octanol–water partition coefficient (Wildman–Crippen LogP) is 3.30. The monoisotopic (exact) mass is 310 g/mol. The third-order valence-corrected chi connectivity index (χ3v) is 4.28. The van der Waals surface area contributed by atoms with E-state index in [9.17, 15) is 4.79 Å². The first-order valence-corrected chi connectivity index (χ1v) is 7.35. The van der Waals surface area contributed by atoms with Crippen LogP contribution in [-0.2, 0) is 0 Å². The van der Waals surface area contributed by atoms with Crippen molar-refractivity contribution in [1.29, 1.82) is 0 Å². The third-order valence-electron chi connectivity index (χ3n) is 2.58. The molecule has 0 atom stereocenters. The summed E-state index contributed by atoms with van der Waals surface area (Å²) < 4.78 is 5.41. The molecule has 0 bridgehead atoms. The summed E-state index contributed by atoms with van der Waals surface area (Å²) in [5.74, 6) is 0.450. The van der Waals surface area contributed by atoms with Gasteiger partial charge in [-0.3, -0.25) is 4.79 Å². The lowest BCUT2D eigenvalue weighted by atomic mass is 10.3. The number of rotatable bonds is 5. The summed E-state index contributed by atoms with van der Waals surface area (Å²) in [6.07, 6.45) is 0. The van der Waals surface area contributed by atoms with E-state index in [1.165, 1.54) is 11.3 Å². The number of anilines is 1. The average molecular weight is 311 g/mol. The van der Waals surface area contributed by atoms with Gasteiger partial charge in [0.15, 0.2) is 0 Å². The number of hydrogen-bond donors (Lipinski definition) is 2. The Morgan fingerprint density at radius 1 is 1.50 bits per heavy atom. The minimum atomic E-state index is -0.218. The number of nitrogens with one attached hydrogen (secondary N) is 1. The van der Waals surface area contributed by atoms with Crippen LogP contribution >= 0.6 is 22.9 Å². The van der Waals surface area contributed by atoms with Crippen molar-refractivity contribution < 1.29 is 9.53 Å². The third kappa shape index (κ3) is 3.50. The van der Waals surface area contributed by atoms with Gasteiger partial charge >= 0.3 is 0 Å². The van der Waals surface area contributed by atoms with E-state index in [1.807, 2.05) is 24.4 Å². The minimum Gasteiger partial charge on any atom is -0.492 e. The first kappa shape index (κ1) is 14.8. The number of amides is 1. The maximum atomic E-state index is 12.1. The van der Waals surface area contributed by atoms with Gasteiger partial charge in [-0.1, -0.05) is 17.7 Å². The normalized spacial score (nSPS) is 10.3. The summed E-state index contributed by atoms with van der Waals surface area (Å²) in [4.78, 5) is 12.6. The van der Waals surface area contributed by atoms with Crippen molar-refractivity contribution in [3.8, 4) is 5.75 Å². The number of nitrogens with two attached hydrogens (primary N) is 1. The summed E-state index contributed by atoms with van der Waals surface area (Å²) in [5, 5.41) is 5.17. The van der Waals surface area contributed by atoms with Crippen molar-refractivity contribution in [3.05, 3.63) is 45.1 Å². The summed E-state index contributed by atoms with van der Waals surface area (Å²) in [5.41, 5.74) is 6.95. The molecule has 0 aliphatic rings. The van der Waals surface area contributed by atoms with E-state index in [-0.39, 0.29) is 5.91 Å². The van der Waals surface area contributed by atoms with Gasteiger partial charge in [0.1, 0.15) is 17.2 Å². The summed E-state index contributed by atoms with van der Waals surface area (Å²) >= 11 is 7.41. The molecule has 1 aromatic carbocycles. The first-order chi connectivity index (χ1) is 9.61. The maximum absolute atomic E-state index is 12.1. The Balaban J connectivity index is 2.09. The Bertz CT molecular complexity index is 613. The van der Waals surface area contributed by atoms with Crippen molar-refractivity contribution in [2.75, 3.05) is 18.5 Å². The molecule has 0 radical (unpaired) electrons. The standard InChI is InChI=1S/C14H15ClN2O2S/c1-9-8-20-13(12(9)15)14(18)17-10-3-2-4-11(7-10)19-6-5-16/h2-4,7-8H,5-6,16H2,1H3,(H,17,18). The van der Waals surface area contributed by atoms with Crippen molar-refractivity contribution in [1.82, 2.24) is 0 Å². The van der Waals surface area contributed by atoms with E-state index in [2.05, 4.69) is 5.32 Å². The molecule has 0 spiro atoms. The highest BCUT2D eigenvalue weighted by Gasteiger charge is 2.14. The largest absolute Gasteiger partial charge is 0.492 e. The molecular formula is C14H15ClN2O2S. The maximum Gasteiger partial charge on any atom is 0.267 e. The molecule has 0 saturated carbocycles. The Labute approximate surface area is 126 Å². The highest BCUT2D eigenvalue weighted by atomic mass is 35.5. The molecule has 106 valence electrons. The molecule has 3 N–H and O–H groups in total. The van der Waals surface area contributed by atoms with Gasteiger partial charge in [0.2, 0.25) is 0 Å². The van der Waals surface area contributed by atoms with Crippen LogP contribution in [0.4, 0.5) is 5.69 Å². The zero-order chi connectivity index (χ0) is 14.5. The Kier molecular flexibility index (Phi) is 5.00. The lowest BCUT2D eigenvalue weighted by Crippen LogP contribution is -2.12. The van der Waals surface area contributed by atoms with Gasteiger partial charge in [0.25, 0.3) is 5.91 Å². The fourth-order valence-electron chi connectivity index (χ4n) is 1.61. The van der Waals surface area contributed by atoms with Crippen LogP contribution in [0.5, 0.6) is 5.75 Å². The zero-order valence-electron chi connectivity index (χ0n) is 11.0. The lowest BCUT2D eigenvalue weighted by Gasteiger charge is -2.08. The molecule has 0 fully saturated rings. The second kappa shape index (κ2) is 6.74. The Morgan fingerprint density at radius 3 is 2.95 bits per heavy atom. The molecule has 4 nitrogen and oxygen atoms in total. The van der Waals surface area contributed by atoms with E-state index in [1.54, 1.807) is 12.1 Å². The summed E-state index contributed by atoms with van der Waals surface area (Å²) in [6.45, 7) is 2.75. The summed E-state index contributed by atoms with van der Waals surface area (Å²) in [7, 11) is 0. The van der Waals surface area contributed by atoms with Crippen LogP contribution in [0.25, 0.3) is 0 Å². The van der Waals surface area contributed by atoms with Crippen LogP contribution < -0.4 is 15.8 Å². The van der Waals surface area contributed by atoms with Crippen molar-refractivity contribution in [2.45, 2.75) is 6.92 Å². The number of carbonyl (C=O) groups excluding carboxylic acids is 1. The molecule has 1 aromatic heterocycles. The molecule has 1 amide bonds. The average Bonchev–Trinajstić information content (AvgIpc) is 2.77. The van der Waals surface area contributed by atoms with Crippen LogP contribution in [0, 0.1) is 6.92 Å². The van der Waals surface area contributed by atoms with Gasteiger partial charge in [-0.05, 0) is 30.0 Å². The SMILES string of the molecule is Cc1csc(C(=O)Nc2cccc(OCCN)c2)c1Cl. The van der Waals surface area contributed by atoms with E-state index < -0.39 is 0 Å². The molecule has 2 rings (SSSR count). The molecule has 6 heteroatoms. The second-order valence-corrected chi connectivity index (χ2v) is 5.44. The van der Waals surface area contributed by atoms with Crippen LogP contribution in [-0.4, -0.2) is 19.1 Å². The van der Waals surface area contributed by atoms with Crippen molar-refractivity contribution in [2.24, 2.45) is 5.73 Å². The van der Waals surface area contributed by atoms with Gasteiger partial charge in [0.05, 0.1) is 5.02 Å². The fraction of sp³-hybridized carbons (Fsp3) is 0.214. The number of aryl methyl sites for hydroxylation is 1. The van der Waals surface area contributed by atoms with E-state index in [0.717, 1.165) is 5.56 Å². The molecule has 20 heavy (non-hydrogen) atoms. The van der Waals surface area contributed by atoms with E-state index in [4.69, 9.17) is 22.1 Å². The fourth-order valence-corrected chi connectivity index (χ4v) is 2.79.